The number of fused-ring (bicyclic) bond motifs is 1. The summed E-state index contributed by atoms with van der Waals surface area (Å²) < 4.78 is 0. The van der Waals surface area contributed by atoms with Gasteiger partial charge >= 0.3 is 6.09 Å². The second kappa shape index (κ2) is 5.23. The van der Waals surface area contributed by atoms with Gasteiger partial charge in [0, 0.05) is 0 Å². The van der Waals surface area contributed by atoms with E-state index in [2.05, 4.69) is 22.0 Å². The second-order valence-corrected chi connectivity index (χ2v) is 3.49. The number of hydroxylamine groups is 1. The first-order valence-corrected chi connectivity index (χ1v) is 5.18. The molecule has 4 nitrogen and oxygen atoms in total. The molecule has 0 fully saturated rings. The number of aliphatic imine (C=N–C) groups is 1. The minimum atomic E-state index is -0.731. The predicted molar refractivity (Wildman–Crippen MR) is 66.8 cm³/mol. The van der Waals surface area contributed by atoms with E-state index in [-0.39, 0.29) is 0 Å². The Bertz CT molecular complexity index is 547. The Kier molecular flexibility index (Phi) is 3.47. The van der Waals surface area contributed by atoms with Crippen molar-refractivity contribution in [3.63, 3.8) is 0 Å². The number of rotatable bonds is 3. The number of nitrogens with one attached hydrogen (secondary N) is 1. The molecule has 1 amide bonds. The van der Waals surface area contributed by atoms with Crippen LogP contribution in [0.2, 0.25) is 0 Å². The van der Waals surface area contributed by atoms with Gasteiger partial charge in [-0.05, 0) is 23.1 Å². The van der Waals surface area contributed by atoms with Crippen molar-refractivity contribution in [2.24, 2.45) is 4.99 Å². The van der Waals surface area contributed by atoms with E-state index >= 15 is 0 Å². The van der Waals surface area contributed by atoms with E-state index in [0.29, 0.717) is 6.54 Å². The summed E-state index contributed by atoms with van der Waals surface area (Å²) in [6.07, 6.45) is -0.731. The highest BCUT2D eigenvalue weighted by Crippen LogP contribution is 2.18. The molecule has 0 aliphatic rings. The van der Waals surface area contributed by atoms with Crippen molar-refractivity contribution in [3.8, 4) is 0 Å². The maximum atomic E-state index is 10.8. The smallest absolute Gasteiger partial charge is 0.352 e. The van der Waals surface area contributed by atoms with Crippen LogP contribution in [0.3, 0.4) is 0 Å². The molecule has 0 aliphatic carbocycles. The van der Waals surface area contributed by atoms with Crippen molar-refractivity contribution in [3.05, 3.63) is 48.0 Å². The summed E-state index contributed by atoms with van der Waals surface area (Å²) in [7, 11) is 0. The molecule has 2 aromatic rings. The van der Waals surface area contributed by atoms with Crippen molar-refractivity contribution < 1.29 is 9.63 Å². The van der Waals surface area contributed by atoms with E-state index in [4.69, 9.17) is 0 Å². The number of hydrogen-bond acceptors (Lipinski definition) is 3. The van der Waals surface area contributed by atoms with Crippen molar-refractivity contribution in [1.29, 1.82) is 0 Å². The van der Waals surface area contributed by atoms with E-state index in [1.54, 1.807) is 0 Å². The van der Waals surface area contributed by atoms with E-state index in [1.807, 2.05) is 42.5 Å². The molecule has 1 N–H and O–H groups in total. The zero-order chi connectivity index (χ0) is 12.1. The minimum Gasteiger partial charge on any atom is -0.352 e. The van der Waals surface area contributed by atoms with Crippen LogP contribution in [0, 0.1) is 0 Å². The van der Waals surface area contributed by atoms with Gasteiger partial charge in [0.15, 0.2) is 0 Å². The molecular formula is C13H12N2O2. The molecule has 0 atom stereocenters. The van der Waals surface area contributed by atoms with Crippen LogP contribution < -0.4 is 5.48 Å². The lowest BCUT2D eigenvalue weighted by Crippen LogP contribution is -2.17. The molecule has 0 heterocycles. The Labute approximate surface area is 98.9 Å². The first-order valence-electron chi connectivity index (χ1n) is 5.18. The third-order valence-electron chi connectivity index (χ3n) is 2.43. The zero-order valence-corrected chi connectivity index (χ0v) is 9.22. The monoisotopic (exact) mass is 228 g/mol. The van der Waals surface area contributed by atoms with Crippen LogP contribution >= 0.6 is 0 Å². The van der Waals surface area contributed by atoms with E-state index in [1.165, 1.54) is 0 Å². The number of nitrogens with zero attached hydrogens (tertiary/aromatic N) is 1. The van der Waals surface area contributed by atoms with Crippen LogP contribution in [0.25, 0.3) is 10.8 Å². The number of hydrogen-bond donors (Lipinski definition) is 1. The molecule has 0 aromatic heterocycles. The van der Waals surface area contributed by atoms with Gasteiger partial charge < -0.3 is 4.84 Å². The highest BCUT2D eigenvalue weighted by Gasteiger charge is 2.01. The summed E-state index contributed by atoms with van der Waals surface area (Å²) in [6.45, 7) is 3.50. The number of benzene rings is 2. The van der Waals surface area contributed by atoms with Crippen LogP contribution in [0.15, 0.2) is 47.5 Å². The van der Waals surface area contributed by atoms with E-state index < -0.39 is 6.09 Å². The average Bonchev–Trinajstić information content (AvgIpc) is 2.39. The Morgan fingerprint density at radius 2 is 2.00 bits per heavy atom. The average molecular weight is 228 g/mol. The van der Waals surface area contributed by atoms with Gasteiger partial charge in [0.05, 0.1) is 6.54 Å². The van der Waals surface area contributed by atoms with Crippen LogP contribution in [-0.2, 0) is 11.4 Å². The molecule has 2 rings (SSSR count). The van der Waals surface area contributed by atoms with Crippen LogP contribution in [0.4, 0.5) is 4.79 Å². The zero-order valence-electron chi connectivity index (χ0n) is 9.22. The maximum absolute atomic E-state index is 10.8. The van der Waals surface area contributed by atoms with Gasteiger partial charge in [0.25, 0.3) is 0 Å². The largest absolute Gasteiger partial charge is 0.451 e. The molecule has 17 heavy (non-hydrogen) atoms. The molecule has 0 spiro atoms. The van der Waals surface area contributed by atoms with Crippen molar-refractivity contribution in [2.75, 3.05) is 0 Å². The van der Waals surface area contributed by atoms with Gasteiger partial charge in [0.2, 0.25) is 0 Å². The molecule has 86 valence electrons. The highest BCUT2D eigenvalue weighted by molar-refractivity contribution is 5.85. The van der Waals surface area contributed by atoms with Gasteiger partial charge in [-0.25, -0.2) is 4.79 Å². The van der Waals surface area contributed by atoms with Gasteiger partial charge in [-0.2, -0.15) is 4.99 Å². The Morgan fingerprint density at radius 3 is 2.82 bits per heavy atom. The quantitative estimate of drug-likeness (QED) is 0.649. The summed E-state index contributed by atoms with van der Waals surface area (Å²) in [5.41, 5.74) is 3.62. The fourth-order valence-electron chi connectivity index (χ4n) is 1.65. The molecule has 0 aliphatic heterocycles. The normalized spacial score (nSPS) is 10.1. The maximum Gasteiger partial charge on any atom is 0.451 e. The Balaban J connectivity index is 2.13. The second-order valence-electron chi connectivity index (χ2n) is 3.49. The Hall–Kier alpha value is -2.20. The number of amides is 1. The van der Waals surface area contributed by atoms with Gasteiger partial charge in [-0.3, -0.25) is 0 Å². The van der Waals surface area contributed by atoms with Crippen LogP contribution in [0.5, 0.6) is 0 Å². The lowest BCUT2D eigenvalue weighted by atomic mass is 10.1. The number of carbonyl (C=O) groups excluding carboxylic acids is 1. The summed E-state index contributed by atoms with van der Waals surface area (Å²) in [4.78, 5) is 18.5. The summed E-state index contributed by atoms with van der Waals surface area (Å²) in [5.74, 6) is 0. The molecule has 0 radical (unpaired) electrons. The minimum absolute atomic E-state index is 0.433. The van der Waals surface area contributed by atoms with Crippen molar-refractivity contribution in [1.82, 2.24) is 5.48 Å². The van der Waals surface area contributed by atoms with Gasteiger partial charge in [-0.15, -0.1) is 5.48 Å². The lowest BCUT2D eigenvalue weighted by Gasteiger charge is -2.06. The highest BCUT2D eigenvalue weighted by atomic mass is 16.7. The lowest BCUT2D eigenvalue weighted by molar-refractivity contribution is 0.0961. The molecule has 2 aromatic carbocycles. The third-order valence-corrected chi connectivity index (χ3v) is 2.43. The third kappa shape index (κ3) is 2.68. The predicted octanol–water partition coefficient (Wildman–Crippen LogP) is 2.68. The summed E-state index contributed by atoms with van der Waals surface area (Å²) in [6, 6.07) is 14.0. The van der Waals surface area contributed by atoms with E-state index in [0.717, 1.165) is 16.3 Å². The SMILES string of the molecule is C=NC(=O)ONCc1cccc2ccccc12. The summed E-state index contributed by atoms with van der Waals surface area (Å²) >= 11 is 0. The molecule has 0 saturated carbocycles. The molecule has 0 bridgehead atoms. The number of carbonyl (C=O) groups is 1. The summed E-state index contributed by atoms with van der Waals surface area (Å²) in [5, 5.41) is 2.28. The standard InChI is InChI=1S/C13H12N2O2/c1-14-13(16)17-15-9-11-7-4-6-10-5-2-3-8-12(10)11/h2-8,15H,1,9H2. The fraction of sp³-hybridized carbons (Fsp3) is 0.0769. The molecule has 0 unspecified atom stereocenters. The fourth-order valence-corrected chi connectivity index (χ4v) is 1.65. The molecule has 4 heteroatoms. The van der Waals surface area contributed by atoms with Gasteiger partial charge in [-0.1, -0.05) is 42.5 Å². The van der Waals surface area contributed by atoms with Crippen molar-refractivity contribution in [2.45, 2.75) is 6.54 Å². The molecular weight excluding hydrogens is 216 g/mol. The topological polar surface area (TPSA) is 50.7 Å². The Morgan fingerprint density at radius 1 is 1.24 bits per heavy atom. The van der Waals surface area contributed by atoms with Crippen LogP contribution in [-0.4, -0.2) is 12.8 Å². The first kappa shape index (κ1) is 11.3. The van der Waals surface area contributed by atoms with Crippen molar-refractivity contribution >= 4 is 23.6 Å². The van der Waals surface area contributed by atoms with Crippen LogP contribution in [0.1, 0.15) is 5.56 Å². The molecule has 0 saturated heterocycles. The first-order chi connectivity index (χ1) is 8.31. The van der Waals surface area contributed by atoms with E-state index in [9.17, 15) is 4.79 Å². The van der Waals surface area contributed by atoms with Gasteiger partial charge in [0.1, 0.15) is 0 Å².